The fourth-order valence-electron chi connectivity index (χ4n) is 4.02. The molecule has 1 aliphatic rings. The van der Waals surface area contributed by atoms with E-state index >= 15 is 0 Å². The lowest BCUT2D eigenvalue weighted by atomic mass is 9.97. The quantitative estimate of drug-likeness (QED) is 0.138. The van der Waals surface area contributed by atoms with E-state index in [0.29, 0.717) is 24.2 Å². The van der Waals surface area contributed by atoms with Gasteiger partial charge in [-0.25, -0.2) is 14.6 Å². The molecule has 4 atom stereocenters. The minimum Gasteiger partial charge on any atom is -0.476 e. The predicted molar refractivity (Wildman–Crippen MR) is 156 cm³/mol. The molecule has 1 aliphatic heterocycles. The van der Waals surface area contributed by atoms with Gasteiger partial charge in [0.2, 0.25) is 11.8 Å². The van der Waals surface area contributed by atoms with Crippen molar-refractivity contribution in [3.05, 3.63) is 6.33 Å². The monoisotopic (exact) mass is 632 g/mol. The number of ether oxygens (including phenoxy) is 3. The summed E-state index contributed by atoms with van der Waals surface area (Å²) in [7, 11) is -4.01. The molecule has 1 saturated heterocycles. The summed E-state index contributed by atoms with van der Waals surface area (Å²) in [6, 6.07) is 0. The van der Waals surface area contributed by atoms with Gasteiger partial charge in [-0.05, 0) is 41.0 Å². The normalized spacial score (nSPS) is 20.6. The number of hydrogen-bond donors (Lipinski definition) is 3. The summed E-state index contributed by atoms with van der Waals surface area (Å²) in [5, 5.41) is 11.7. The Morgan fingerprint density at radius 2 is 2.07 bits per heavy atom. The Morgan fingerprint density at radius 3 is 2.74 bits per heavy atom. The van der Waals surface area contributed by atoms with Crippen LogP contribution in [-0.4, -0.2) is 86.6 Å². The van der Waals surface area contributed by atoms with E-state index in [4.69, 9.17) is 29.0 Å². The maximum Gasteiger partial charge on any atom is 0.406 e. The molecule has 1 unspecified atom stereocenters. The smallest absolute Gasteiger partial charge is 0.406 e. The van der Waals surface area contributed by atoms with Crippen LogP contribution in [0.5, 0.6) is 5.88 Å². The molecule has 0 aliphatic carbocycles. The van der Waals surface area contributed by atoms with Gasteiger partial charge in [-0.2, -0.15) is 9.97 Å². The second-order valence-corrected chi connectivity index (χ2v) is 13.6. The number of esters is 1. The van der Waals surface area contributed by atoms with Crippen molar-refractivity contribution in [2.45, 2.75) is 66.4 Å². The van der Waals surface area contributed by atoms with Crippen LogP contribution < -0.4 is 15.6 Å². The van der Waals surface area contributed by atoms with Gasteiger partial charge in [0.05, 0.1) is 50.4 Å². The molecule has 0 aromatic carbocycles. The molecule has 3 heterocycles. The molecular formula is C25H41N6O9PS. The van der Waals surface area contributed by atoms with Gasteiger partial charge in [-0.1, -0.05) is 18.7 Å². The molecule has 1 fully saturated rings. The Hall–Kier alpha value is -2.33. The van der Waals surface area contributed by atoms with Crippen molar-refractivity contribution < 1.29 is 42.5 Å². The molecule has 0 saturated carbocycles. The summed E-state index contributed by atoms with van der Waals surface area (Å²) < 4.78 is 43.4. The number of carbonyl (C=O) groups is 2. The molecule has 15 nitrogen and oxygen atoms in total. The van der Waals surface area contributed by atoms with Gasteiger partial charge < -0.3 is 25.1 Å². The van der Waals surface area contributed by atoms with Crippen LogP contribution in [0.4, 0.5) is 5.95 Å². The summed E-state index contributed by atoms with van der Waals surface area (Å²) in [5.41, 5.74) is 5.89. The number of anilines is 1. The zero-order valence-electron chi connectivity index (χ0n) is 24.8. The number of nitrogen functional groups attached to an aromatic ring is 1. The first-order valence-corrected chi connectivity index (χ1v) is 16.2. The number of fused-ring (bicyclic) bond motifs is 1. The van der Waals surface area contributed by atoms with Crippen LogP contribution in [0.1, 0.15) is 54.2 Å². The van der Waals surface area contributed by atoms with Crippen molar-refractivity contribution in [3.8, 4) is 5.88 Å². The van der Waals surface area contributed by atoms with E-state index in [1.54, 1.807) is 38.6 Å². The van der Waals surface area contributed by atoms with Crippen LogP contribution >= 0.6 is 19.5 Å². The number of aliphatic hydroxyl groups excluding tert-OH is 1. The Balaban J connectivity index is 1.65. The highest BCUT2D eigenvalue weighted by atomic mass is 32.2. The number of thioether (sulfide) groups is 1. The minimum atomic E-state index is -4.01. The third kappa shape index (κ3) is 9.09. The van der Waals surface area contributed by atoms with E-state index in [9.17, 15) is 19.3 Å². The van der Waals surface area contributed by atoms with Crippen molar-refractivity contribution in [1.29, 1.82) is 0 Å². The average Bonchev–Trinajstić information content (AvgIpc) is 3.51. The van der Waals surface area contributed by atoms with Crippen LogP contribution in [-0.2, 0) is 32.7 Å². The van der Waals surface area contributed by atoms with E-state index in [0.717, 1.165) is 11.8 Å². The fraction of sp³-hybridized carbons (Fsp3) is 0.720. The van der Waals surface area contributed by atoms with Gasteiger partial charge >= 0.3 is 13.7 Å². The second-order valence-electron chi connectivity index (χ2n) is 10.7. The Morgan fingerprint density at radius 1 is 1.33 bits per heavy atom. The number of imidazole rings is 1. The number of hydrogen-bond acceptors (Lipinski definition) is 14. The van der Waals surface area contributed by atoms with Crippen LogP contribution in [0.15, 0.2) is 6.33 Å². The largest absolute Gasteiger partial charge is 0.476 e. The van der Waals surface area contributed by atoms with Gasteiger partial charge in [0, 0.05) is 11.7 Å². The molecule has 0 radical (unpaired) electrons. The summed E-state index contributed by atoms with van der Waals surface area (Å²) in [4.78, 5) is 37.2. The Kier molecular flexibility index (Phi) is 12.1. The number of carbonyl (C=O) groups excluding carboxylic acids is 2. The molecule has 2 aromatic rings. The average molecular weight is 633 g/mol. The SMILES string of the molecule is CCOc1nc(N)nc2c1ncn2[C@@H]1O[C@H](COP(=O)(NCC(=O)OC(C)C)OCCSC(=O)C(C)(C)CO)C[C@@H]1C. The first-order chi connectivity index (χ1) is 19.8. The summed E-state index contributed by atoms with van der Waals surface area (Å²) in [6.07, 6.45) is 0.833. The van der Waals surface area contributed by atoms with Crippen LogP contribution in [0, 0.1) is 11.3 Å². The van der Waals surface area contributed by atoms with Gasteiger partial charge in [0.1, 0.15) is 12.8 Å². The lowest BCUT2D eigenvalue weighted by Gasteiger charge is -2.22. The Labute approximate surface area is 249 Å². The van der Waals surface area contributed by atoms with Gasteiger partial charge in [0.15, 0.2) is 16.3 Å². The minimum absolute atomic E-state index is 0.00527. The lowest BCUT2D eigenvalue weighted by Crippen LogP contribution is -2.28. The number of aliphatic hydroxyl groups is 1. The van der Waals surface area contributed by atoms with E-state index in [1.807, 2.05) is 13.8 Å². The van der Waals surface area contributed by atoms with Gasteiger partial charge in [-0.3, -0.25) is 23.2 Å². The second kappa shape index (κ2) is 14.9. The van der Waals surface area contributed by atoms with Crippen molar-refractivity contribution in [1.82, 2.24) is 24.6 Å². The topological polar surface area (TPSA) is 199 Å². The van der Waals surface area contributed by atoms with Crippen LogP contribution in [0.3, 0.4) is 0 Å². The predicted octanol–water partition coefficient (Wildman–Crippen LogP) is 2.69. The summed E-state index contributed by atoms with van der Waals surface area (Å²) in [6.45, 7) is 9.91. The third-order valence-electron chi connectivity index (χ3n) is 6.16. The molecule has 4 N–H and O–H groups in total. The molecule has 236 valence electrons. The molecule has 17 heteroatoms. The highest BCUT2D eigenvalue weighted by Crippen LogP contribution is 2.45. The van der Waals surface area contributed by atoms with E-state index in [2.05, 4.69) is 20.0 Å². The number of aromatic nitrogens is 4. The number of rotatable bonds is 16. The standard InChI is InChI=1S/C25H41N6O9PS/c1-7-36-21-19-20(29-24(26)30-21)31(14-27-19)22-16(4)10-17(40-22)12-38-41(35,28-11-18(33)39-15(2)3)37-8-9-42-23(34)25(5,6)13-32/h14-17,22,32H,7-13H2,1-6H3,(H,28,35)(H2,26,29,30)/t16-,17-,22+,41?/m0/s1. The summed E-state index contributed by atoms with van der Waals surface area (Å²) in [5.74, 6) is -0.149. The number of nitrogens with two attached hydrogens (primary N) is 1. The molecule has 42 heavy (non-hydrogen) atoms. The lowest BCUT2D eigenvalue weighted by molar-refractivity contribution is -0.146. The molecule has 3 rings (SSSR count). The molecule has 0 bridgehead atoms. The highest BCUT2D eigenvalue weighted by molar-refractivity contribution is 8.13. The van der Waals surface area contributed by atoms with E-state index in [1.165, 1.54) is 0 Å². The van der Waals surface area contributed by atoms with Crippen molar-refractivity contribution in [2.24, 2.45) is 11.3 Å². The zero-order valence-corrected chi connectivity index (χ0v) is 26.5. The number of nitrogens with one attached hydrogen (secondary N) is 1. The maximum absolute atomic E-state index is 13.5. The Bertz CT molecular complexity index is 1280. The fourth-order valence-corrected chi connectivity index (χ4v) is 6.23. The van der Waals surface area contributed by atoms with E-state index in [-0.39, 0.29) is 54.5 Å². The van der Waals surface area contributed by atoms with Gasteiger partial charge in [0.25, 0.3) is 0 Å². The molecular weight excluding hydrogens is 591 g/mol. The molecule has 0 spiro atoms. The van der Waals surface area contributed by atoms with Crippen molar-refractivity contribution in [3.63, 3.8) is 0 Å². The summed E-state index contributed by atoms with van der Waals surface area (Å²) >= 11 is 0.948. The van der Waals surface area contributed by atoms with Crippen LogP contribution in [0.25, 0.3) is 11.2 Å². The van der Waals surface area contributed by atoms with Gasteiger partial charge in [-0.15, -0.1) is 0 Å². The first kappa shape index (κ1) is 34.2. The number of nitrogens with zero attached hydrogens (tertiary/aromatic N) is 4. The van der Waals surface area contributed by atoms with Crippen molar-refractivity contribution >= 4 is 47.7 Å². The molecule has 2 aromatic heterocycles. The first-order valence-electron chi connectivity index (χ1n) is 13.7. The van der Waals surface area contributed by atoms with Crippen LogP contribution in [0.2, 0.25) is 0 Å². The third-order valence-corrected chi connectivity index (χ3v) is 8.90. The highest BCUT2D eigenvalue weighted by Gasteiger charge is 2.37. The van der Waals surface area contributed by atoms with E-state index < -0.39 is 38.0 Å². The zero-order chi connectivity index (χ0) is 31.1. The molecule has 0 amide bonds. The maximum atomic E-state index is 13.5. The van der Waals surface area contributed by atoms with Crippen molar-refractivity contribution in [2.75, 3.05) is 44.5 Å².